The zero-order valence-corrected chi connectivity index (χ0v) is 21.2. The number of hydrogen-bond donors (Lipinski definition) is 1. The molecule has 3 aromatic rings. The Kier molecular flexibility index (Phi) is 9.68. The van der Waals surface area contributed by atoms with Crippen molar-refractivity contribution in [2.75, 3.05) is 5.32 Å². The number of nitrogens with one attached hydrogen (secondary N) is 1. The maximum Gasteiger partial charge on any atom is 0.311 e. The first kappa shape index (κ1) is 26.5. The van der Waals surface area contributed by atoms with Crippen molar-refractivity contribution in [1.29, 1.82) is 10.5 Å². The Balaban J connectivity index is 2.09. The van der Waals surface area contributed by atoms with Gasteiger partial charge in [0.05, 0.1) is 16.8 Å². The second-order valence-corrected chi connectivity index (χ2v) is 9.11. The van der Waals surface area contributed by atoms with E-state index < -0.39 is 0 Å². The number of hydrogen-bond acceptors (Lipinski definition) is 6. The van der Waals surface area contributed by atoms with Gasteiger partial charge in [0.25, 0.3) is 0 Å². The number of rotatable bonds is 10. The maximum absolute atomic E-state index is 12.4. The van der Waals surface area contributed by atoms with Crippen molar-refractivity contribution in [1.82, 2.24) is 0 Å². The summed E-state index contributed by atoms with van der Waals surface area (Å²) >= 11 is 1.47. The summed E-state index contributed by atoms with van der Waals surface area (Å²) in [7, 11) is 0. The van der Waals surface area contributed by atoms with E-state index in [4.69, 9.17) is 4.74 Å². The molecule has 1 N–H and O–H groups in total. The lowest BCUT2D eigenvalue weighted by Gasteiger charge is -2.17. The molecule has 0 radical (unpaired) electrons. The number of amides is 1. The number of carbonyl (C=O) groups is 2. The normalized spacial score (nSPS) is 10.2. The summed E-state index contributed by atoms with van der Waals surface area (Å²) in [4.78, 5) is 25.0. The highest BCUT2D eigenvalue weighted by atomic mass is 32.2. The fourth-order valence-electron chi connectivity index (χ4n) is 3.64. The molecular formula is C29H27N3O3S. The van der Waals surface area contributed by atoms with Crippen LogP contribution in [-0.2, 0) is 15.3 Å². The molecular weight excluding hydrogens is 470 g/mol. The molecule has 0 heterocycles. The monoisotopic (exact) mass is 497 g/mol. The van der Waals surface area contributed by atoms with E-state index in [1.54, 1.807) is 30.3 Å². The Morgan fingerprint density at radius 3 is 2.19 bits per heavy atom. The molecule has 3 rings (SSSR count). The number of nitriles is 2. The zero-order valence-electron chi connectivity index (χ0n) is 20.3. The second-order valence-electron chi connectivity index (χ2n) is 8.09. The minimum absolute atomic E-state index is 0.193. The first-order valence-electron chi connectivity index (χ1n) is 11.8. The quantitative estimate of drug-likeness (QED) is 0.187. The minimum Gasteiger partial charge on any atom is -0.427 e. The fraction of sp³-hybridized carbons (Fsp3) is 0.241. The molecule has 0 saturated heterocycles. The van der Waals surface area contributed by atoms with Crippen molar-refractivity contribution in [2.24, 2.45) is 0 Å². The van der Waals surface area contributed by atoms with E-state index in [9.17, 15) is 20.1 Å². The molecule has 36 heavy (non-hydrogen) atoms. The number of thioether (sulfide) groups is 1. The molecule has 0 aromatic heterocycles. The molecule has 0 aliphatic rings. The van der Waals surface area contributed by atoms with Crippen LogP contribution in [0.1, 0.15) is 56.2 Å². The highest BCUT2D eigenvalue weighted by Gasteiger charge is 2.21. The molecule has 1 amide bonds. The van der Waals surface area contributed by atoms with Crippen LogP contribution in [0.4, 0.5) is 5.69 Å². The lowest BCUT2D eigenvalue weighted by Crippen LogP contribution is -2.13. The predicted octanol–water partition coefficient (Wildman–Crippen LogP) is 6.83. The van der Waals surface area contributed by atoms with Crippen LogP contribution in [0.15, 0.2) is 65.6 Å². The van der Waals surface area contributed by atoms with Gasteiger partial charge in [0, 0.05) is 29.1 Å². The number of esters is 1. The van der Waals surface area contributed by atoms with Crippen molar-refractivity contribution in [3.05, 3.63) is 77.4 Å². The van der Waals surface area contributed by atoms with Gasteiger partial charge in [-0.05, 0) is 42.2 Å². The average Bonchev–Trinajstić information content (AvgIpc) is 2.88. The molecule has 0 saturated carbocycles. The topological polar surface area (TPSA) is 103 Å². The Morgan fingerprint density at radius 1 is 0.917 bits per heavy atom. The number of carbonyl (C=O) groups excluding carboxylic acids is 2. The summed E-state index contributed by atoms with van der Waals surface area (Å²) in [6, 6.07) is 22.8. The van der Waals surface area contributed by atoms with E-state index in [0.29, 0.717) is 64.5 Å². The van der Waals surface area contributed by atoms with Crippen molar-refractivity contribution in [3.63, 3.8) is 0 Å². The Bertz CT molecular complexity index is 1310. The van der Waals surface area contributed by atoms with Crippen molar-refractivity contribution < 1.29 is 14.3 Å². The van der Waals surface area contributed by atoms with Crippen molar-refractivity contribution >= 4 is 29.3 Å². The van der Waals surface area contributed by atoms with E-state index in [0.717, 1.165) is 5.56 Å². The minimum atomic E-state index is -0.319. The van der Waals surface area contributed by atoms with Gasteiger partial charge >= 0.3 is 5.97 Å². The highest BCUT2D eigenvalue weighted by molar-refractivity contribution is 7.98. The third kappa shape index (κ3) is 6.75. The number of nitrogens with zero attached hydrogens (tertiary/aromatic N) is 2. The van der Waals surface area contributed by atoms with Gasteiger partial charge in [-0.15, -0.1) is 11.8 Å². The summed E-state index contributed by atoms with van der Waals surface area (Å²) < 4.78 is 5.34. The average molecular weight is 498 g/mol. The molecule has 0 aliphatic carbocycles. The third-order valence-electron chi connectivity index (χ3n) is 5.33. The summed E-state index contributed by atoms with van der Waals surface area (Å²) in [5, 5.41) is 23.1. The van der Waals surface area contributed by atoms with Crippen LogP contribution in [0.3, 0.4) is 0 Å². The van der Waals surface area contributed by atoms with E-state index in [2.05, 4.69) is 17.5 Å². The van der Waals surface area contributed by atoms with Gasteiger partial charge in [0.1, 0.15) is 17.9 Å². The molecule has 182 valence electrons. The van der Waals surface area contributed by atoms with Crippen LogP contribution in [0.25, 0.3) is 11.1 Å². The summed E-state index contributed by atoms with van der Waals surface area (Å²) in [6.45, 7) is 3.81. The van der Waals surface area contributed by atoms with Crippen LogP contribution in [0.5, 0.6) is 5.75 Å². The molecule has 0 aliphatic heterocycles. The van der Waals surface area contributed by atoms with Gasteiger partial charge in [-0.25, -0.2) is 0 Å². The largest absolute Gasteiger partial charge is 0.427 e. The van der Waals surface area contributed by atoms with Crippen LogP contribution < -0.4 is 10.1 Å². The van der Waals surface area contributed by atoms with Crippen LogP contribution in [-0.4, -0.2) is 11.9 Å². The maximum atomic E-state index is 12.4. The standard InChI is InChI=1S/C29H27N3O3S/c1-3-8-27(33)32-25-16-26(36-19-20-10-6-5-7-11-20)24(18-31)29(23(25)17-30)21-12-14-22(15-13-21)35-28(34)9-4-2/h5-7,10-16H,3-4,8-9,19H2,1-2H3,(H,32,33). The van der Waals surface area contributed by atoms with Crippen molar-refractivity contribution in [2.45, 2.75) is 50.2 Å². The summed E-state index contributed by atoms with van der Waals surface area (Å²) in [5.74, 6) is 0.498. The van der Waals surface area contributed by atoms with E-state index in [-0.39, 0.29) is 17.4 Å². The lowest BCUT2D eigenvalue weighted by molar-refractivity contribution is -0.134. The zero-order chi connectivity index (χ0) is 25.9. The second kappa shape index (κ2) is 13.1. The summed E-state index contributed by atoms with van der Waals surface area (Å²) in [6.07, 6.45) is 2.00. The van der Waals surface area contributed by atoms with Gasteiger partial charge in [0.2, 0.25) is 5.91 Å². The van der Waals surface area contributed by atoms with Gasteiger partial charge in [0.15, 0.2) is 0 Å². The Morgan fingerprint density at radius 2 is 1.58 bits per heavy atom. The Labute approximate surface area is 215 Å². The van der Waals surface area contributed by atoms with Gasteiger partial charge in [-0.3, -0.25) is 9.59 Å². The molecule has 0 fully saturated rings. The highest BCUT2D eigenvalue weighted by Crippen LogP contribution is 2.40. The molecule has 0 bridgehead atoms. The van der Waals surface area contributed by atoms with Crippen LogP contribution >= 0.6 is 11.8 Å². The lowest BCUT2D eigenvalue weighted by atomic mass is 9.93. The predicted molar refractivity (Wildman–Crippen MR) is 141 cm³/mol. The van der Waals surface area contributed by atoms with E-state index in [1.807, 2.05) is 44.2 Å². The molecule has 0 unspecified atom stereocenters. The molecule has 3 aromatic carbocycles. The van der Waals surface area contributed by atoms with Gasteiger partial charge in [-0.1, -0.05) is 56.3 Å². The first-order valence-corrected chi connectivity index (χ1v) is 12.8. The van der Waals surface area contributed by atoms with E-state index >= 15 is 0 Å². The third-order valence-corrected chi connectivity index (χ3v) is 6.44. The van der Waals surface area contributed by atoms with Crippen LogP contribution in [0.2, 0.25) is 0 Å². The smallest absolute Gasteiger partial charge is 0.311 e. The number of anilines is 1. The molecule has 0 spiro atoms. The molecule has 0 atom stereocenters. The van der Waals surface area contributed by atoms with Gasteiger partial charge in [-0.2, -0.15) is 10.5 Å². The van der Waals surface area contributed by atoms with E-state index in [1.165, 1.54) is 11.8 Å². The number of ether oxygens (including phenoxy) is 1. The SMILES string of the molecule is CCCC(=O)Nc1cc(SCc2ccccc2)c(C#N)c(-c2ccc(OC(=O)CCC)cc2)c1C#N. The first-order chi connectivity index (χ1) is 17.5. The molecule has 6 nitrogen and oxygen atoms in total. The van der Waals surface area contributed by atoms with Crippen molar-refractivity contribution in [3.8, 4) is 29.0 Å². The Hall–Kier alpha value is -4.07. The fourth-order valence-corrected chi connectivity index (χ4v) is 4.65. The molecule has 7 heteroatoms. The number of benzene rings is 3. The summed E-state index contributed by atoms with van der Waals surface area (Å²) in [5.41, 5.74) is 3.10. The van der Waals surface area contributed by atoms with Gasteiger partial charge < -0.3 is 10.1 Å². The van der Waals surface area contributed by atoms with Crippen LogP contribution in [0, 0.1) is 22.7 Å².